The Balaban J connectivity index is 1.87. The van der Waals surface area contributed by atoms with Crippen LogP contribution in [0.25, 0.3) is 0 Å². The molecule has 2 amide bonds. The van der Waals surface area contributed by atoms with Crippen LogP contribution in [0.15, 0.2) is 55.1 Å². The summed E-state index contributed by atoms with van der Waals surface area (Å²) in [6, 6.07) is 12.4. The number of carbonyl (C=O) groups excluding carboxylic acids is 2. The monoisotopic (exact) mass is 378 g/mol. The van der Waals surface area contributed by atoms with Crippen LogP contribution in [0.5, 0.6) is 0 Å². The number of rotatable bonds is 5. The molecule has 2 aromatic rings. The number of anilines is 2. The van der Waals surface area contributed by atoms with Gasteiger partial charge in [-0.15, -0.1) is 6.58 Å². The van der Waals surface area contributed by atoms with Crippen molar-refractivity contribution >= 4 is 23.2 Å². The molecular weight excluding hydrogens is 356 g/mol. The average molecular weight is 378 g/mol. The first-order valence-electron chi connectivity index (χ1n) is 9.36. The zero-order valence-corrected chi connectivity index (χ0v) is 15.5. The van der Waals surface area contributed by atoms with Gasteiger partial charge < -0.3 is 14.7 Å². The summed E-state index contributed by atoms with van der Waals surface area (Å²) in [5, 5.41) is 10.6. The third-order valence-corrected chi connectivity index (χ3v) is 5.16. The quantitative estimate of drug-likeness (QED) is 0.640. The van der Waals surface area contributed by atoms with Crippen molar-refractivity contribution in [2.24, 2.45) is 0 Å². The number of amides is 2. The highest BCUT2D eigenvalue weighted by molar-refractivity contribution is 6.36. The van der Waals surface area contributed by atoms with Gasteiger partial charge in [0, 0.05) is 13.1 Å². The first-order valence-corrected chi connectivity index (χ1v) is 9.36. The number of aliphatic hydroxyl groups excluding tert-OH is 1. The number of carbonyl (C=O) groups is 2. The highest BCUT2D eigenvalue weighted by atomic mass is 16.5. The smallest absolute Gasteiger partial charge is 0.268 e. The molecule has 1 saturated heterocycles. The van der Waals surface area contributed by atoms with Crippen LogP contribution in [0, 0.1) is 0 Å². The van der Waals surface area contributed by atoms with Crippen LogP contribution in [0.1, 0.15) is 38.8 Å². The van der Waals surface area contributed by atoms with Crippen LogP contribution >= 0.6 is 0 Å². The first kappa shape index (κ1) is 18.4. The second kappa shape index (κ2) is 7.58. The Bertz CT molecular complexity index is 920. The lowest BCUT2D eigenvalue weighted by Gasteiger charge is -2.30. The van der Waals surface area contributed by atoms with E-state index < -0.39 is 12.0 Å². The summed E-state index contributed by atoms with van der Waals surface area (Å²) in [6.45, 7) is 6.10. The fraction of sp³-hybridized carbons (Fsp3) is 0.273. The van der Waals surface area contributed by atoms with Gasteiger partial charge in [0.1, 0.15) is 0 Å². The molecule has 28 heavy (non-hydrogen) atoms. The van der Waals surface area contributed by atoms with E-state index in [9.17, 15) is 14.7 Å². The Morgan fingerprint density at radius 2 is 1.71 bits per heavy atom. The third-order valence-electron chi connectivity index (χ3n) is 5.16. The van der Waals surface area contributed by atoms with Gasteiger partial charge >= 0.3 is 0 Å². The summed E-state index contributed by atoms with van der Waals surface area (Å²) in [5.74, 6) is -0.764. The van der Waals surface area contributed by atoms with Crippen LogP contribution < -0.4 is 9.80 Å². The molecule has 0 aromatic heterocycles. The van der Waals surface area contributed by atoms with Crippen molar-refractivity contribution in [2.45, 2.75) is 12.5 Å². The second-order valence-electron chi connectivity index (χ2n) is 6.84. The molecule has 1 N–H and O–H groups in total. The second-order valence-corrected chi connectivity index (χ2v) is 6.84. The molecule has 6 heteroatoms. The van der Waals surface area contributed by atoms with Gasteiger partial charge in [-0.2, -0.15) is 0 Å². The minimum absolute atomic E-state index is 0.284. The van der Waals surface area contributed by atoms with Crippen LogP contribution in [0.2, 0.25) is 0 Å². The predicted molar refractivity (Wildman–Crippen MR) is 107 cm³/mol. The summed E-state index contributed by atoms with van der Waals surface area (Å²) >= 11 is 0. The molecule has 2 heterocycles. The Kier molecular flexibility index (Phi) is 4.98. The molecule has 0 bridgehead atoms. The number of para-hydroxylation sites is 1. The normalized spacial score (nSPS) is 17.6. The number of nitrogens with zero attached hydrogens (tertiary/aromatic N) is 2. The Morgan fingerprint density at radius 1 is 1.04 bits per heavy atom. The van der Waals surface area contributed by atoms with E-state index in [2.05, 4.69) is 11.5 Å². The summed E-state index contributed by atoms with van der Waals surface area (Å²) in [4.78, 5) is 29.9. The van der Waals surface area contributed by atoms with Crippen LogP contribution in [0.4, 0.5) is 11.4 Å². The summed E-state index contributed by atoms with van der Waals surface area (Å²) in [7, 11) is 0. The van der Waals surface area contributed by atoms with Crippen molar-refractivity contribution in [2.75, 3.05) is 36.1 Å². The van der Waals surface area contributed by atoms with Crippen LogP contribution in [-0.4, -0.2) is 43.2 Å². The number of imide groups is 1. The van der Waals surface area contributed by atoms with Crippen molar-refractivity contribution < 1.29 is 19.4 Å². The molecular formula is C22H22N2O4. The molecule has 1 fully saturated rings. The van der Waals surface area contributed by atoms with Gasteiger partial charge in [-0.05, 0) is 30.2 Å². The highest BCUT2D eigenvalue weighted by Crippen LogP contribution is 2.39. The van der Waals surface area contributed by atoms with Gasteiger partial charge in [0.15, 0.2) is 0 Å². The van der Waals surface area contributed by atoms with Crippen molar-refractivity contribution in [1.29, 1.82) is 0 Å². The number of benzene rings is 2. The Morgan fingerprint density at radius 3 is 2.39 bits per heavy atom. The minimum Gasteiger partial charge on any atom is -0.388 e. The number of fused-ring (bicyclic) bond motifs is 1. The molecule has 144 valence electrons. The van der Waals surface area contributed by atoms with E-state index in [0.717, 1.165) is 0 Å². The molecule has 6 nitrogen and oxygen atoms in total. The fourth-order valence-corrected chi connectivity index (χ4v) is 3.81. The van der Waals surface area contributed by atoms with E-state index in [1.807, 2.05) is 12.1 Å². The van der Waals surface area contributed by atoms with Crippen LogP contribution in [-0.2, 0) is 4.74 Å². The number of hydrogen-bond donors (Lipinski definition) is 1. The van der Waals surface area contributed by atoms with Crippen LogP contribution in [0.3, 0.4) is 0 Å². The fourth-order valence-electron chi connectivity index (χ4n) is 3.81. The van der Waals surface area contributed by atoms with E-state index in [4.69, 9.17) is 4.74 Å². The SMILES string of the molecule is C=CCC(O)c1ccc(N2CCOCC2)c2c1C(=O)N(c1ccccc1)C2=O. The zero-order valence-electron chi connectivity index (χ0n) is 15.5. The van der Waals surface area contributed by atoms with E-state index in [-0.39, 0.29) is 11.5 Å². The van der Waals surface area contributed by atoms with Gasteiger partial charge in [0.2, 0.25) is 0 Å². The van der Waals surface area contributed by atoms with Crippen molar-refractivity contribution in [1.82, 2.24) is 0 Å². The number of ether oxygens (including phenoxy) is 1. The standard InChI is InChI=1S/C22H22N2O4/c1-2-6-18(25)16-9-10-17(23-11-13-28-14-12-23)20-19(16)21(26)24(22(20)27)15-7-4-3-5-8-15/h2-5,7-10,18,25H,1,6,11-14H2. The number of morpholine rings is 1. The molecule has 1 atom stereocenters. The van der Waals surface area contributed by atoms with E-state index in [0.29, 0.717) is 55.2 Å². The molecule has 0 saturated carbocycles. The van der Waals surface area contributed by atoms with Crippen molar-refractivity contribution in [3.63, 3.8) is 0 Å². The topological polar surface area (TPSA) is 70.1 Å². The van der Waals surface area contributed by atoms with Gasteiger partial charge in [0.05, 0.1) is 41.8 Å². The van der Waals surface area contributed by atoms with E-state index >= 15 is 0 Å². The maximum absolute atomic E-state index is 13.3. The average Bonchev–Trinajstić information content (AvgIpc) is 3.00. The lowest BCUT2D eigenvalue weighted by molar-refractivity contribution is 0.0923. The van der Waals surface area contributed by atoms with E-state index in [1.165, 1.54) is 4.90 Å². The molecule has 4 rings (SSSR count). The van der Waals surface area contributed by atoms with Gasteiger partial charge in [-0.1, -0.05) is 30.3 Å². The molecule has 1 unspecified atom stereocenters. The molecule has 0 spiro atoms. The zero-order chi connectivity index (χ0) is 19.7. The van der Waals surface area contributed by atoms with Gasteiger partial charge in [-0.25, -0.2) is 4.90 Å². The summed E-state index contributed by atoms with van der Waals surface area (Å²) in [5.41, 5.74) is 2.34. The Labute approximate surface area is 163 Å². The molecule has 0 radical (unpaired) electrons. The molecule has 2 aromatic carbocycles. The van der Waals surface area contributed by atoms with Crippen molar-refractivity contribution in [3.05, 3.63) is 71.8 Å². The molecule has 0 aliphatic carbocycles. The van der Waals surface area contributed by atoms with Gasteiger partial charge in [-0.3, -0.25) is 9.59 Å². The third kappa shape index (κ3) is 3.00. The largest absolute Gasteiger partial charge is 0.388 e. The maximum atomic E-state index is 13.3. The van der Waals surface area contributed by atoms with Crippen molar-refractivity contribution in [3.8, 4) is 0 Å². The number of hydrogen-bond acceptors (Lipinski definition) is 5. The predicted octanol–water partition coefficient (Wildman–Crippen LogP) is 2.93. The first-order chi connectivity index (χ1) is 13.6. The lowest BCUT2D eigenvalue weighted by atomic mass is 9.95. The Hall–Kier alpha value is -2.96. The van der Waals surface area contributed by atoms with Gasteiger partial charge in [0.25, 0.3) is 11.8 Å². The minimum atomic E-state index is -0.891. The molecule has 2 aliphatic rings. The van der Waals surface area contributed by atoms with E-state index in [1.54, 1.807) is 36.4 Å². The maximum Gasteiger partial charge on any atom is 0.268 e. The highest BCUT2D eigenvalue weighted by Gasteiger charge is 2.42. The summed E-state index contributed by atoms with van der Waals surface area (Å²) < 4.78 is 5.42. The molecule has 2 aliphatic heterocycles. The lowest BCUT2D eigenvalue weighted by Crippen LogP contribution is -2.37. The number of aliphatic hydroxyl groups is 1. The summed E-state index contributed by atoms with van der Waals surface area (Å²) in [6.07, 6.45) is 1.01.